The molecule has 0 saturated carbocycles. The Balaban J connectivity index is 2.14. The maximum atomic E-state index is 12.2. The van der Waals surface area contributed by atoms with E-state index in [9.17, 15) is 14.7 Å². The normalized spacial score (nSPS) is 19.1. The summed E-state index contributed by atoms with van der Waals surface area (Å²) in [5.74, 6) is -1.06. The van der Waals surface area contributed by atoms with Crippen LogP contribution in [-0.2, 0) is 4.74 Å². The standard InChI is InChI=1S/C14H22N4O4/c1-9-11(12(19)20)18(16-15-9)10-6-5-7-17(8-10)13(21)22-14(2,3)4/h10H,5-8H2,1-4H3,(H,19,20). The number of carboxylic acid groups (broad SMARTS) is 1. The highest BCUT2D eigenvalue weighted by atomic mass is 16.6. The molecule has 1 saturated heterocycles. The summed E-state index contributed by atoms with van der Waals surface area (Å²) in [5.41, 5.74) is -0.0990. The summed E-state index contributed by atoms with van der Waals surface area (Å²) in [6.07, 6.45) is 1.13. The third-order valence-electron chi connectivity index (χ3n) is 3.46. The highest BCUT2D eigenvalue weighted by Crippen LogP contribution is 2.24. The first kappa shape index (κ1) is 16.3. The van der Waals surface area contributed by atoms with Crippen LogP contribution in [0.4, 0.5) is 4.79 Å². The number of amides is 1. The lowest BCUT2D eigenvalue weighted by Crippen LogP contribution is -2.44. The predicted octanol–water partition coefficient (Wildman–Crippen LogP) is 1.86. The van der Waals surface area contributed by atoms with Crippen LogP contribution in [0.1, 0.15) is 55.8 Å². The van der Waals surface area contributed by atoms with Gasteiger partial charge in [-0.25, -0.2) is 14.3 Å². The molecule has 2 heterocycles. The molecule has 0 spiro atoms. The van der Waals surface area contributed by atoms with Gasteiger partial charge in [0.1, 0.15) is 5.60 Å². The maximum Gasteiger partial charge on any atom is 0.410 e. The van der Waals surface area contributed by atoms with Crippen molar-refractivity contribution < 1.29 is 19.4 Å². The Hall–Kier alpha value is -2.12. The highest BCUT2D eigenvalue weighted by molar-refractivity contribution is 5.86. The number of carbonyl (C=O) groups is 2. The zero-order valence-corrected chi connectivity index (χ0v) is 13.4. The van der Waals surface area contributed by atoms with Gasteiger partial charge in [-0.2, -0.15) is 0 Å². The quantitative estimate of drug-likeness (QED) is 0.895. The lowest BCUT2D eigenvalue weighted by atomic mass is 10.1. The minimum Gasteiger partial charge on any atom is -0.476 e. The summed E-state index contributed by atoms with van der Waals surface area (Å²) in [5, 5.41) is 17.1. The van der Waals surface area contributed by atoms with Crippen LogP contribution in [0, 0.1) is 6.92 Å². The molecule has 1 amide bonds. The second-order valence-corrected chi connectivity index (χ2v) is 6.50. The molecular formula is C14H22N4O4. The van der Waals surface area contributed by atoms with Crippen LogP contribution in [-0.4, -0.2) is 55.8 Å². The van der Waals surface area contributed by atoms with Gasteiger partial charge in [-0.15, -0.1) is 5.10 Å². The number of ether oxygens (including phenoxy) is 1. The molecule has 22 heavy (non-hydrogen) atoms. The van der Waals surface area contributed by atoms with Crippen molar-refractivity contribution in [3.8, 4) is 0 Å². The molecule has 0 aromatic carbocycles. The Bertz CT molecular complexity index is 576. The third kappa shape index (κ3) is 3.55. The summed E-state index contributed by atoms with van der Waals surface area (Å²) in [6, 6.07) is -0.200. The van der Waals surface area contributed by atoms with Crippen LogP contribution in [0.15, 0.2) is 0 Å². The van der Waals surface area contributed by atoms with Gasteiger partial charge in [0.2, 0.25) is 0 Å². The van der Waals surface area contributed by atoms with Gasteiger partial charge in [-0.1, -0.05) is 5.21 Å². The largest absolute Gasteiger partial charge is 0.476 e. The van der Waals surface area contributed by atoms with Crippen LogP contribution in [0.5, 0.6) is 0 Å². The summed E-state index contributed by atoms with van der Waals surface area (Å²) in [6.45, 7) is 8.03. The van der Waals surface area contributed by atoms with Gasteiger partial charge in [0.05, 0.1) is 11.7 Å². The number of aryl methyl sites for hydroxylation is 1. The molecular weight excluding hydrogens is 288 g/mol. The molecule has 8 heteroatoms. The van der Waals surface area contributed by atoms with Crippen molar-refractivity contribution in [2.24, 2.45) is 0 Å². The minimum atomic E-state index is -1.06. The van der Waals surface area contributed by atoms with Crippen LogP contribution in [0.25, 0.3) is 0 Å². The Kier molecular flexibility index (Phi) is 4.39. The number of rotatable bonds is 2. The van der Waals surface area contributed by atoms with Gasteiger partial charge in [-0.3, -0.25) is 0 Å². The minimum absolute atomic E-state index is 0.0797. The molecule has 0 aliphatic carbocycles. The van der Waals surface area contributed by atoms with Gasteiger partial charge in [0, 0.05) is 13.1 Å². The second kappa shape index (κ2) is 5.94. The number of carboxylic acids is 1. The van der Waals surface area contributed by atoms with Gasteiger partial charge < -0.3 is 14.7 Å². The fraction of sp³-hybridized carbons (Fsp3) is 0.714. The molecule has 8 nitrogen and oxygen atoms in total. The molecule has 0 bridgehead atoms. The smallest absolute Gasteiger partial charge is 0.410 e. The van der Waals surface area contributed by atoms with Crippen molar-refractivity contribution in [3.05, 3.63) is 11.4 Å². The van der Waals surface area contributed by atoms with Crippen LogP contribution < -0.4 is 0 Å². The van der Waals surface area contributed by atoms with E-state index in [2.05, 4.69) is 10.3 Å². The van der Waals surface area contributed by atoms with Crippen LogP contribution >= 0.6 is 0 Å². The van der Waals surface area contributed by atoms with E-state index in [1.807, 2.05) is 20.8 Å². The van der Waals surface area contributed by atoms with Crippen molar-refractivity contribution in [3.63, 3.8) is 0 Å². The zero-order chi connectivity index (χ0) is 16.5. The number of aromatic carboxylic acids is 1. The molecule has 1 aromatic heterocycles. The number of hydrogen-bond acceptors (Lipinski definition) is 5. The number of aromatic nitrogens is 3. The number of piperidine rings is 1. The van der Waals surface area contributed by atoms with Gasteiger partial charge in [0.15, 0.2) is 5.69 Å². The topological polar surface area (TPSA) is 97.5 Å². The van der Waals surface area contributed by atoms with Crippen LogP contribution in [0.2, 0.25) is 0 Å². The van der Waals surface area contributed by atoms with E-state index >= 15 is 0 Å². The lowest BCUT2D eigenvalue weighted by molar-refractivity contribution is 0.0165. The summed E-state index contributed by atoms with van der Waals surface area (Å²) in [7, 11) is 0. The van der Waals surface area contributed by atoms with Gasteiger partial charge in [0.25, 0.3) is 0 Å². The SMILES string of the molecule is Cc1nnn(C2CCCN(C(=O)OC(C)(C)C)C2)c1C(=O)O. The first-order valence-corrected chi connectivity index (χ1v) is 7.32. The molecule has 0 radical (unpaired) electrons. The van der Waals surface area contributed by atoms with Crippen molar-refractivity contribution in [2.45, 2.75) is 52.2 Å². The first-order chi connectivity index (χ1) is 10.2. The van der Waals surface area contributed by atoms with E-state index in [1.165, 1.54) is 4.68 Å². The number of carbonyl (C=O) groups excluding carboxylic acids is 1. The molecule has 1 aliphatic rings. The van der Waals surface area contributed by atoms with E-state index in [0.29, 0.717) is 18.8 Å². The molecule has 1 atom stereocenters. The molecule has 1 fully saturated rings. The summed E-state index contributed by atoms with van der Waals surface area (Å²) in [4.78, 5) is 25.1. The van der Waals surface area contributed by atoms with E-state index in [-0.39, 0.29) is 17.8 Å². The number of likely N-dealkylation sites (tertiary alicyclic amines) is 1. The molecule has 1 aliphatic heterocycles. The maximum absolute atomic E-state index is 12.2. The average molecular weight is 310 g/mol. The van der Waals surface area contributed by atoms with Crippen molar-refractivity contribution >= 4 is 12.1 Å². The van der Waals surface area contributed by atoms with Crippen molar-refractivity contribution in [1.82, 2.24) is 19.9 Å². The fourth-order valence-corrected chi connectivity index (χ4v) is 2.53. The number of nitrogens with zero attached hydrogens (tertiary/aromatic N) is 4. The van der Waals surface area contributed by atoms with Crippen molar-refractivity contribution in [2.75, 3.05) is 13.1 Å². The average Bonchev–Trinajstić information content (AvgIpc) is 2.79. The van der Waals surface area contributed by atoms with Gasteiger partial charge in [-0.05, 0) is 40.5 Å². The van der Waals surface area contributed by atoms with Crippen molar-refractivity contribution in [1.29, 1.82) is 0 Å². The Labute approximate surface area is 129 Å². The monoisotopic (exact) mass is 310 g/mol. The molecule has 122 valence electrons. The first-order valence-electron chi connectivity index (χ1n) is 7.32. The molecule has 2 rings (SSSR count). The Morgan fingerprint density at radius 2 is 2.05 bits per heavy atom. The molecule has 1 N–H and O–H groups in total. The van der Waals surface area contributed by atoms with E-state index in [1.54, 1.807) is 11.8 Å². The second-order valence-electron chi connectivity index (χ2n) is 6.50. The Morgan fingerprint density at radius 3 is 2.64 bits per heavy atom. The molecule has 1 unspecified atom stereocenters. The Morgan fingerprint density at radius 1 is 1.36 bits per heavy atom. The van der Waals surface area contributed by atoms with Gasteiger partial charge >= 0.3 is 12.1 Å². The zero-order valence-electron chi connectivity index (χ0n) is 13.4. The summed E-state index contributed by atoms with van der Waals surface area (Å²) >= 11 is 0. The van der Waals surface area contributed by atoms with E-state index < -0.39 is 11.6 Å². The third-order valence-corrected chi connectivity index (χ3v) is 3.46. The summed E-state index contributed by atoms with van der Waals surface area (Å²) < 4.78 is 6.78. The fourth-order valence-electron chi connectivity index (χ4n) is 2.53. The predicted molar refractivity (Wildman–Crippen MR) is 77.8 cm³/mol. The molecule has 1 aromatic rings. The van der Waals surface area contributed by atoms with Crippen LogP contribution in [0.3, 0.4) is 0 Å². The van der Waals surface area contributed by atoms with E-state index in [4.69, 9.17) is 4.74 Å². The van der Waals surface area contributed by atoms with E-state index in [0.717, 1.165) is 12.8 Å². The number of hydrogen-bond donors (Lipinski definition) is 1. The lowest BCUT2D eigenvalue weighted by Gasteiger charge is -2.34. The highest BCUT2D eigenvalue weighted by Gasteiger charge is 2.31.